The van der Waals surface area contributed by atoms with Crippen molar-refractivity contribution in [3.8, 4) is 11.6 Å². The Bertz CT molecular complexity index is 1010. The van der Waals surface area contributed by atoms with Crippen LogP contribution < -0.4 is 10.1 Å². The second-order valence-corrected chi connectivity index (χ2v) is 7.40. The zero-order valence-corrected chi connectivity index (χ0v) is 16.5. The lowest BCUT2D eigenvalue weighted by Crippen LogP contribution is -2.42. The summed E-state index contributed by atoms with van der Waals surface area (Å²) in [5, 5.41) is 13.1. The summed E-state index contributed by atoms with van der Waals surface area (Å²) in [6.07, 6.45) is 3.93. The minimum atomic E-state index is -0.321. The van der Waals surface area contributed by atoms with Gasteiger partial charge in [0.2, 0.25) is 5.88 Å². The van der Waals surface area contributed by atoms with Crippen molar-refractivity contribution in [2.24, 2.45) is 0 Å². The molecule has 0 bridgehead atoms. The van der Waals surface area contributed by atoms with Gasteiger partial charge >= 0.3 is 6.03 Å². The number of halogens is 1. The van der Waals surface area contributed by atoms with E-state index in [1.165, 1.54) is 6.33 Å². The number of benzene rings is 1. The number of fused-ring (bicyclic) bond motifs is 1. The van der Waals surface area contributed by atoms with E-state index in [1.807, 2.05) is 6.07 Å². The summed E-state index contributed by atoms with van der Waals surface area (Å²) in [5.41, 5.74) is 1.15. The Morgan fingerprint density at radius 3 is 2.86 bits per heavy atom. The Balaban J connectivity index is 1.50. The number of aromatic nitrogens is 3. The van der Waals surface area contributed by atoms with E-state index in [4.69, 9.17) is 4.74 Å². The molecular formula is C19H18BrN5O3. The van der Waals surface area contributed by atoms with Crippen molar-refractivity contribution in [3.05, 3.63) is 47.3 Å². The van der Waals surface area contributed by atoms with E-state index in [-0.39, 0.29) is 12.1 Å². The first-order valence-electron chi connectivity index (χ1n) is 8.86. The van der Waals surface area contributed by atoms with Gasteiger partial charge in [0.05, 0.1) is 11.5 Å². The molecule has 28 heavy (non-hydrogen) atoms. The molecule has 0 spiro atoms. The fourth-order valence-electron chi connectivity index (χ4n) is 3.00. The molecule has 0 atom stereocenters. The van der Waals surface area contributed by atoms with Crippen molar-refractivity contribution in [2.75, 3.05) is 18.4 Å². The Morgan fingerprint density at radius 2 is 2.04 bits per heavy atom. The van der Waals surface area contributed by atoms with Crippen LogP contribution >= 0.6 is 15.9 Å². The van der Waals surface area contributed by atoms with Crippen LogP contribution in [0.5, 0.6) is 11.6 Å². The maximum Gasteiger partial charge on any atom is 0.321 e. The number of likely N-dealkylation sites (tertiary alicyclic amines) is 1. The lowest BCUT2D eigenvalue weighted by Gasteiger charge is -2.29. The molecule has 2 N–H and O–H groups in total. The molecule has 1 saturated heterocycles. The van der Waals surface area contributed by atoms with Gasteiger partial charge in [0, 0.05) is 35.5 Å². The summed E-state index contributed by atoms with van der Waals surface area (Å²) < 4.78 is 6.72. The topological polar surface area (TPSA) is 100 Å². The molecule has 8 nitrogen and oxygen atoms in total. The molecule has 1 fully saturated rings. The zero-order valence-electron chi connectivity index (χ0n) is 14.9. The van der Waals surface area contributed by atoms with E-state index in [0.29, 0.717) is 54.3 Å². The van der Waals surface area contributed by atoms with Gasteiger partial charge in [-0.05, 0) is 47.0 Å². The Hall–Kier alpha value is -2.78. The normalized spacial score (nSPS) is 14.9. The summed E-state index contributed by atoms with van der Waals surface area (Å²) in [4.78, 5) is 26.7. The van der Waals surface area contributed by atoms with Crippen LogP contribution in [0.2, 0.25) is 0 Å². The van der Waals surface area contributed by atoms with Gasteiger partial charge in [0.15, 0.2) is 5.65 Å². The van der Waals surface area contributed by atoms with Gasteiger partial charge in [0.25, 0.3) is 0 Å². The summed E-state index contributed by atoms with van der Waals surface area (Å²) in [5.74, 6) is 0.916. The molecule has 0 saturated carbocycles. The van der Waals surface area contributed by atoms with Crippen molar-refractivity contribution >= 4 is 38.7 Å². The number of hydrogen-bond acceptors (Lipinski definition) is 6. The number of urea groups is 1. The van der Waals surface area contributed by atoms with Gasteiger partial charge in [-0.15, -0.1) is 0 Å². The van der Waals surface area contributed by atoms with Crippen molar-refractivity contribution in [2.45, 2.75) is 18.9 Å². The third kappa shape index (κ3) is 4.20. The maximum absolute atomic E-state index is 12.4. The molecule has 1 aliphatic rings. The van der Waals surface area contributed by atoms with Crippen molar-refractivity contribution < 1.29 is 14.6 Å². The molecule has 0 radical (unpaired) electrons. The molecule has 144 valence electrons. The molecule has 1 aliphatic heterocycles. The monoisotopic (exact) mass is 443 g/mol. The van der Waals surface area contributed by atoms with Crippen molar-refractivity contribution in [3.63, 3.8) is 0 Å². The second kappa shape index (κ2) is 8.07. The number of hydrogen-bond donors (Lipinski definition) is 2. The van der Waals surface area contributed by atoms with E-state index < -0.39 is 0 Å². The number of aliphatic hydroxyl groups excluding tert-OH is 1. The van der Waals surface area contributed by atoms with Crippen molar-refractivity contribution in [1.29, 1.82) is 0 Å². The number of amides is 2. The van der Waals surface area contributed by atoms with Crippen LogP contribution in [0, 0.1) is 0 Å². The Morgan fingerprint density at radius 1 is 1.21 bits per heavy atom. The van der Waals surface area contributed by atoms with Gasteiger partial charge in [-0.2, -0.15) is 0 Å². The number of rotatable bonds is 3. The highest BCUT2D eigenvalue weighted by molar-refractivity contribution is 9.10. The maximum atomic E-state index is 12.4. The molecule has 3 heterocycles. The fraction of sp³-hybridized carbons (Fsp3) is 0.263. The third-order valence-corrected chi connectivity index (χ3v) is 4.90. The second-order valence-electron chi connectivity index (χ2n) is 6.48. The van der Waals surface area contributed by atoms with Gasteiger partial charge in [-0.25, -0.2) is 19.7 Å². The van der Waals surface area contributed by atoms with Crippen LogP contribution in [0.1, 0.15) is 12.8 Å². The number of piperidine rings is 1. The van der Waals surface area contributed by atoms with E-state index >= 15 is 0 Å². The predicted molar refractivity (Wildman–Crippen MR) is 107 cm³/mol. The molecule has 4 rings (SSSR count). The first kappa shape index (κ1) is 18.6. The minimum absolute atomic E-state index is 0.190. The predicted octanol–water partition coefficient (Wildman–Crippen LogP) is 3.57. The average Bonchev–Trinajstić information content (AvgIpc) is 2.69. The molecule has 9 heteroatoms. The molecule has 0 aliphatic carbocycles. The number of carbonyl (C=O) groups excluding carboxylic acids is 1. The van der Waals surface area contributed by atoms with E-state index in [1.54, 1.807) is 35.4 Å². The van der Waals surface area contributed by atoms with Gasteiger partial charge < -0.3 is 20.1 Å². The molecule has 2 aromatic heterocycles. The minimum Gasteiger partial charge on any atom is -0.438 e. The number of anilines is 1. The molecule has 0 unspecified atom stereocenters. The zero-order chi connectivity index (χ0) is 19.5. The standard InChI is InChI=1S/C19H18BrN5O3/c20-12-8-16-17(21-10-12)22-11-23-18(16)28-15-3-1-2-13(9-15)24-19(27)25-6-4-14(26)5-7-25/h1-3,8-11,14,26H,4-7H2,(H,24,27). The molecule has 1 aromatic carbocycles. The van der Waals surface area contributed by atoms with Crippen LogP contribution in [0.15, 0.2) is 47.3 Å². The molecular weight excluding hydrogens is 426 g/mol. The SMILES string of the molecule is O=C(Nc1cccc(Oc2ncnc3ncc(Br)cc23)c1)N1CCC(O)CC1. The van der Waals surface area contributed by atoms with Crippen LogP contribution in [0.25, 0.3) is 11.0 Å². The van der Waals surface area contributed by atoms with Crippen LogP contribution in [-0.4, -0.2) is 50.2 Å². The number of pyridine rings is 1. The van der Waals surface area contributed by atoms with Crippen molar-refractivity contribution in [1.82, 2.24) is 19.9 Å². The number of nitrogens with zero attached hydrogens (tertiary/aromatic N) is 4. The van der Waals surface area contributed by atoms with Crippen LogP contribution in [0.3, 0.4) is 0 Å². The third-order valence-electron chi connectivity index (χ3n) is 4.47. The quantitative estimate of drug-likeness (QED) is 0.641. The first-order valence-corrected chi connectivity index (χ1v) is 9.66. The average molecular weight is 444 g/mol. The summed E-state index contributed by atoms with van der Waals surface area (Å²) in [6.45, 7) is 1.08. The molecule has 2 amide bonds. The highest BCUT2D eigenvalue weighted by Crippen LogP contribution is 2.29. The van der Waals surface area contributed by atoms with Gasteiger partial charge in [0.1, 0.15) is 12.1 Å². The summed E-state index contributed by atoms with van der Waals surface area (Å²) >= 11 is 3.39. The number of aliphatic hydroxyl groups is 1. The Kier molecular flexibility index (Phi) is 5.36. The lowest BCUT2D eigenvalue weighted by atomic mass is 10.1. The number of ether oxygens (including phenoxy) is 1. The number of carbonyl (C=O) groups is 1. The number of nitrogens with one attached hydrogen (secondary N) is 1. The highest BCUT2D eigenvalue weighted by atomic mass is 79.9. The van der Waals surface area contributed by atoms with Crippen LogP contribution in [0.4, 0.5) is 10.5 Å². The van der Waals surface area contributed by atoms with Gasteiger partial charge in [-0.1, -0.05) is 6.07 Å². The summed E-state index contributed by atoms with van der Waals surface area (Å²) in [7, 11) is 0. The smallest absolute Gasteiger partial charge is 0.321 e. The van der Waals surface area contributed by atoms with Gasteiger partial charge in [-0.3, -0.25) is 0 Å². The fourth-order valence-corrected chi connectivity index (χ4v) is 3.33. The molecule has 3 aromatic rings. The Labute approximate surface area is 169 Å². The highest BCUT2D eigenvalue weighted by Gasteiger charge is 2.21. The lowest BCUT2D eigenvalue weighted by molar-refractivity contribution is 0.0972. The largest absolute Gasteiger partial charge is 0.438 e. The van der Waals surface area contributed by atoms with Crippen LogP contribution in [-0.2, 0) is 0 Å². The van der Waals surface area contributed by atoms with E-state index in [2.05, 4.69) is 36.2 Å². The van der Waals surface area contributed by atoms with E-state index in [9.17, 15) is 9.90 Å². The van der Waals surface area contributed by atoms with E-state index in [0.717, 1.165) is 4.47 Å². The first-order chi connectivity index (χ1) is 13.6. The summed E-state index contributed by atoms with van der Waals surface area (Å²) in [6, 6.07) is 8.75.